The predicted octanol–water partition coefficient (Wildman–Crippen LogP) is 7.20. The van der Waals surface area contributed by atoms with Gasteiger partial charge in [0.25, 0.3) is 0 Å². The van der Waals surface area contributed by atoms with Gasteiger partial charge in [-0.05, 0) is 72.8 Å². The third-order valence-corrected chi connectivity index (χ3v) is 5.77. The van der Waals surface area contributed by atoms with Crippen LogP contribution >= 0.6 is 0 Å². The molecule has 0 aliphatic heterocycles. The normalized spacial score (nSPS) is 11.4. The summed E-state index contributed by atoms with van der Waals surface area (Å²) >= 11 is 0. The van der Waals surface area contributed by atoms with E-state index >= 15 is 0 Å². The molecule has 6 heteroatoms. The number of hydrogen-bond acceptors (Lipinski definition) is 6. The van der Waals surface area contributed by atoms with Crippen LogP contribution in [0.1, 0.15) is 57.6 Å². The molecule has 0 saturated heterocycles. The highest BCUT2D eigenvalue weighted by atomic mass is 16.4. The van der Waals surface area contributed by atoms with Crippen LogP contribution in [0.2, 0.25) is 0 Å². The van der Waals surface area contributed by atoms with Crippen LogP contribution in [0.25, 0.3) is 0 Å². The molecule has 0 N–H and O–H groups in total. The van der Waals surface area contributed by atoms with E-state index in [2.05, 4.69) is 0 Å². The Labute approximate surface area is 201 Å². The minimum atomic E-state index is 0.587. The van der Waals surface area contributed by atoms with E-state index < -0.39 is 0 Å². The largest absolute Gasteiger partial charge is 0.469 e. The first-order chi connectivity index (χ1) is 17.2. The molecule has 0 amide bonds. The first-order valence-corrected chi connectivity index (χ1v) is 11.6. The van der Waals surface area contributed by atoms with Gasteiger partial charge in [-0.25, -0.2) is 0 Å². The first-order valence-electron chi connectivity index (χ1n) is 11.6. The summed E-state index contributed by atoms with van der Waals surface area (Å²) in [6, 6.07) is 23.5. The first kappa shape index (κ1) is 21.2. The van der Waals surface area contributed by atoms with Crippen molar-refractivity contribution in [2.45, 2.75) is 32.1 Å². The molecule has 35 heavy (non-hydrogen) atoms. The fraction of sp³-hybridized carbons (Fsp3) is 0.172. The van der Waals surface area contributed by atoms with E-state index in [1.54, 1.807) is 12.5 Å². The van der Waals surface area contributed by atoms with Gasteiger partial charge in [0.15, 0.2) is 0 Å². The van der Waals surface area contributed by atoms with Gasteiger partial charge in [-0.15, -0.1) is 0 Å². The lowest BCUT2D eigenvalue weighted by Gasteiger charge is -1.97. The molecule has 6 nitrogen and oxygen atoms in total. The van der Waals surface area contributed by atoms with Crippen molar-refractivity contribution in [1.29, 1.82) is 0 Å². The fourth-order valence-electron chi connectivity index (χ4n) is 4.13. The second kappa shape index (κ2) is 9.50. The maximum absolute atomic E-state index is 6.02. The zero-order valence-corrected chi connectivity index (χ0v) is 19.1. The highest BCUT2D eigenvalue weighted by molar-refractivity contribution is 5.22. The quantitative estimate of drug-likeness (QED) is 0.212. The molecular weight excluding hydrogens is 444 g/mol. The van der Waals surface area contributed by atoms with Crippen LogP contribution in [0, 0.1) is 0 Å². The molecule has 0 spiro atoms. The van der Waals surface area contributed by atoms with Gasteiger partial charge in [-0.2, -0.15) is 0 Å². The van der Waals surface area contributed by atoms with Gasteiger partial charge in [0, 0.05) is 0 Å². The molecule has 0 aliphatic rings. The Morgan fingerprint density at radius 2 is 0.571 bits per heavy atom. The lowest BCUT2D eigenvalue weighted by atomic mass is 10.2. The van der Waals surface area contributed by atoms with E-state index in [0.29, 0.717) is 32.1 Å². The van der Waals surface area contributed by atoms with E-state index in [9.17, 15) is 0 Å². The molecular formula is C29H24O6. The smallest absolute Gasteiger partial charge is 0.111 e. The highest BCUT2D eigenvalue weighted by Crippen LogP contribution is 2.22. The lowest BCUT2D eigenvalue weighted by molar-refractivity contribution is 0.415. The van der Waals surface area contributed by atoms with Crippen molar-refractivity contribution in [2.24, 2.45) is 0 Å². The summed E-state index contributed by atoms with van der Waals surface area (Å²) in [4.78, 5) is 0. The van der Waals surface area contributed by atoms with Crippen LogP contribution < -0.4 is 0 Å². The summed E-state index contributed by atoms with van der Waals surface area (Å²) in [6.07, 6.45) is 6.40. The number of hydrogen-bond donors (Lipinski definition) is 0. The van der Waals surface area contributed by atoms with Crippen molar-refractivity contribution in [3.05, 3.63) is 143 Å². The zero-order valence-electron chi connectivity index (χ0n) is 19.1. The van der Waals surface area contributed by atoms with Crippen LogP contribution in [0.3, 0.4) is 0 Å². The van der Waals surface area contributed by atoms with Gasteiger partial charge >= 0.3 is 0 Å². The lowest BCUT2D eigenvalue weighted by Crippen LogP contribution is -1.85. The van der Waals surface area contributed by atoms with Gasteiger partial charge in [-0.3, -0.25) is 0 Å². The molecule has 0 bridgehead atoms. The van der Waals surface area contributed by atoms with Crippen molar-refractivity contribution < 1.29 is 26.5 Å². The summed E-state index contributed by atoms with van der Waals surface area (Å²) in [5.41, 5.74) is 0. The molecule has 0 atom stereocenters. The molecule has 0 saturated carbocycles. The average molecular weight is 469 g/mol. The standard InChI is InChI=1S/C29H24O6/c1-3-20(30-13-1)15-22-5-7-24(32-22)17-26-9-11-28(34-26)19-29-12-10-27(35-29)18-25-8-6-23(33-25)16-21-4-2-14-31-21/h1-14H,15-19H2. The summed E-state index contributed by atoms with van der Waals surface area (Å²) in [5.74, 6) is 8.62. The van der Waals surface area contributed by atoms with E-state index in [1.165, 1.54) is 0 Å². The van der Waals surface area contributed by atoms with Crippen molar-refractivity contribution in [3.8, 4) is 0 Å². The van der Waals surface area contributed by atoms with E-state index in [-0.39, 0.29) is 0 Å². The summed E-state index contributed by atoms with van der Waals surface area (Å²) < 4.78 is 34.7. The van der Waals surface area contributed by atoms with Crippen molar-refractivity contribution in [2.75, 3.05) is 0 Å². The Hall–Kier alpha value is -4.32. The maximum Gasteiger partial charge on any atom is 0.111 e. The third-order valence-electron chi connectivity index (χ3n) is 5.77. The van der Waals surface area contributed by atoms with Crippen LogP contribution in [0.4, 0.5) is 0 Å². The molecule has 0 radical (unpaired) electrons. The van der Waals surface area contributed by atoms with Crippen LogP contribution in [-0.4, -0.2) is 0 Å². The SMILES string of the molecule is c1coc(Cc2ccc(Cc3ccc(Cc4ccc(Cc5ccc(Cc6ccco6)o5)o4)o3)o2)c1. The zero-order chi connectivity index (χ0) is 23.5. The molecule has 0 aromatic carbocycles. The van der Waals surface area contributed by atoms with Crippen molar-refractivity contribution in [1.82, 2.24) is 0 Å². The maximum atomic E-state index is 6.02. The fourth-order valence-corrected chi connectivity index (χ4v) is 4.13. The Kier molecular flexibility index (Phi) is 5.77. The average Bonchev–Trinajstić information content (AvgIpc) is 3.66. The molecule has 6 rings (SSSR count). The molecule has 0 aliphatic carbocycles. The van der Waals surface area contributed by atoms with Crippen LogP contribution in [-0.2, 0) is 32.1 Å². The Bertz CT molecular complexity index is 1360. The molecule has 6 heterocycles. The minimum Gasteiger partial charge on any atom is -0.469 e. The predicted molar refractivity (Wildman–Crippen MR) is 126 cm³/mol. The summed E-state index contributed by atoms with van der Waals surface area (Å²) in [6.45, 7) is 0. The number of furan rings is 6. The molecule has 176 valence electrons. The Morgan fingerprint density at radius 1 is 0.314 bits per heavy atom. The van der Waals surface area contributed by atoms with Gasteiger partial charge in [0.05, 0.1) is 44.6 Å². The van der Waals surface area contributed by atoms with Gasteiger partial charge in [-0.1, -0.05) is 0 Å². The van der Waals surface area contributed by atoms with Gasteiger partial charge < -0.3 is 26.5 Å². The molecule has 0 fully saturated rings. The molecule has 6 aromatic rings. The van der Waals surface area contributed by atoms with E-state index in [4.69, 9.17) is 26.5 Å². The minimum absolute atomic E-state index is 0.587. The van der Waals surface area contributed by atoms with Crippen molar-refractivity contribution in [3.63, 3.8) is 0 Å². The van der Waals surface area contributed by atoms with Crippen LogP contribution in [0.15, 0.2) is 112 Å². The summed E-state index contributed by atoms with van der Waals surface area (Å²) in [7, 11) is 0. The summed E-state index contributed by atoms with van der Waals surface area (Å²) in [5, 5.41) is 0. The second-order valence-corrected chi connectivity index (χ2v) is 8.51. The van der Waals surface area contributed by atoms with E-state index in [0.717, 1.165) is 57.6 Å². The second-order valence-electron chi connectivity index (χ2n) is 8.51. The van der Waals surface area contributed by atoms with Gasteiger partial charge in [0.1, 0.15) is 57.6 Å². The van der Waals surface area contributed by atoms with Crippen LogP contribution in [0.5, 0.6) is 0 Å². The molecule has 6 aromatic heterocycles. The van der Waals surface area contributed by atoms with Gasteiger partial charge in [0.2, 0.25) is 0 Å². The molecule has 0 unspecified atom stereocenters. The van der Waals surface area contributed by atoms with Crippen molar-refractivity contribution >= 4 is 0 Å². The monoisotopic (exact) mass is 468 g/mol. The highest BCUT2D eigenvalue weighted by Gasteiger charge is 2.12. The third kappa shape index (κ3) is 5.27. The Morgan fingerprint density at radius 3 is 0.800 bits per heavy atom. The van der Waals surface area contributed by atoms with E-state index in [1.807, 2.05) is 72.8 Å². The Balaban J connectivity index is 1.03. The number of rotatable bonds is 10. The topological polar surface area (TPSA) is 78.8 Å².